The second-order valence-electron chi connectivity index (χ2n) is 4.01. The van der Waals surface area contributed by atoms with Gasteiger partial charge in [0, 0.05) is 25.4 Å². The Morgan fingerprint density at radius 2 is 2.27 bits per heavy atom. The van der Waals surface area contributed by atoms with Gasteiger partial charge in [-0.05, 0) is 12.0 Å². The van der Waals surface area contributed by atoms with Gasteiger partial charge in [0.15, 0.2) is 0 Å². The molecule has 0 aliphatic rings. The first-order valence-electron chi connectivity index (χ1n) is 5.40. The van der Waals surface area contributed by atoms with Crippen LogP contribution in [0.1, 0.15) is 25.8 Å². The van der Waals surface area contributed by atoms with Crippen LogP contribution in [0.15, 0.2) is 18.3 Å². The molecule has 84 valence electrons. The SMILES string of the molecule is CCC(C)CN(C)c1ncccc1CCl. The second-order valence-corrected chi connectivity index (χ2v) is 4.28. The lowest BCUT2D eigenvalue weighted by Crippen LogP contribution is -2.25. The first-order chi connectivity index (χ1) is 7.19. The van der Waals surface area contributed by atoms with Crippen molar-refractivity contribution < 1.29 is 0 Å². The van der Waals surface area contributed by atoms with Crippen molar-refractivity contribution in [3.05, 3.63) is 23.9 Å². The summed E-state index contributed by atoms with van der Waals surface area (Å²) in [7, 11) is 2.07. The number of anilines is 1. The van der Waals surface area contributed by atoms with Gasteiger partial charge < -0.3 is 4.90 Å². The van der Waals surface area contributed by atoms with E-state index < -0.39 is 0 Å². The predicted molar refractivity (Wildman–Crippen MR) is 66.5 cm³/mol. The number of pyridine rings is 1. The Morgan fingerprint density at radius 3 is 2.87 bits per heavy atom. The monoisotopic (exact) mass is 226 g/mol. The number of halogens is 1. The van der Waals surface area contributed by atoms with Gasteiger partial charge in [0.2, 0.25) is 0 Å². The summed E-state index contributed by atoms with van der Waals surface area (Å²) in [6, 6.07) is 3.96. The van der Waals surface area contributed by atoms with E-state index in [1.54, 1.807) is 0 Å². The predicted octanol–water partition coefficient (Wildman–Crippen LogP) is 3.30. The van der Waals surface area contributed by atoms with E-state index in [-0.39, 0.29) is 0 Å². The van der Waals surface area contributed by atoms with Gasteiger partial charge in [-0.1, -0.05) is 26.3 Å². The topological polar surface area (TPSA) is 16.1 Å². The van der Waals surface area contributed by atoms with Crippen LogP contribution in [0, 0.1) is 5.92 Å². The fourth-order valence-electron chi connectivity index (χ4n) is 1.56. The Balaban J connectivity index is 2.76. The van der Waals surface area contributed by atoms with Crippen LogP contribution < -0.4 is 4.90 Å². The van der Waals surface area contributed by atoms with Gasteiger partial charge in [-0.2, -0.15) is 0 Å². The van der Waals surface area contributed by atoms with E-state index in [1.165, 1.54) is 6.42 Å². The molecule has 0 saturated carbocycles. The molecule has 0 saturated heterocycles. The maximum atomic E-state index is 5.88. The molecule has 1 aromatic rings. The summed E-state index contributed by atoms with van der Waals surface area (Å²) in [5.74, 6) is 2.21. The molecule has 0 spiro atoms. The zero-order chi connectivity index (χ0) is 11.3. The molecule has 1 heterocycles. The molecule has 2 nitrogen and oxygen atoms in total. The number of hydrogen-bond acceptors (Lipinski definition) is 2. The molecule has 0 N–H and O–H groups in total. The molecule has 15 heavy (non-hydrogen) atoms. The maximum Gasteiger partial charge on any atom is 0.132 e. The third-order valence-corrected chi connectivity index (χ3v) is 2.94. The molecular weight excluding hydrogens is 208 g/mol. The summed E-state index contributed by atoms with van der Waals surface area (Å²) in [6.07, 6.45) is 3.01. The van der Waals surface area contributed by atoms with E-state index in [4.69, 9.17) is 11.6 Å². The van der Waals surface area contributed by atoms with Crippen LogP contribution in [0.3, 0.4) is 0 Å². The molecule has 0 aromatic carbocycles. The van der Waals surface area contributed by atoms with E-state index in [1.807, 2.05) is 18.3 Å². The van der Waals surface area contributed by atoms with Crippen LogP contribution in [-0.2, 0) is 5.88 Å². The summed E-state index contributed by atoms with van der Waals surface area (Å²) >= 11 is 5.88. The van der Waals surface area contributed by atoms with Crippen molar-refractivity contribution in [1.82, 2.24) is 4.98 Å². The summed E-state index contributed by atoms with van der Waals surface area (Å²) < 4.78 is 0. The van der Waals surface area contributed by atoms with E-state index in [9.17, 15) is 0 Å². The normalized spacial score (nSPS) is 12.5. The summed E-state index contributed by atoms with van der Waals surface area (Å²) in [6.45, 7) is 5.48. The highest BCUT2D eigenvalue weighted by atomic mass is 35.5. The van der Waals surface area contributed by atoms with Crippen molar-refractivity contribution in [3.63, 3.8) is 0 Å². The van der Waals surface area contributed by atoms with Crippen LogP contribution in [0.25, 0.3) is 0 Å². The third kappa shape index (κ3) is 3.38. The number of nitrogens with zero attached hydrogens (tertiary/aromatic N) is 2. The van der Waals surface area contributed by atoms with Gasteiger partial charge in [0.05, 0.1) is 5.88 Å². The zero-order valence-corrected chi connectivity index (χ0v) is 10.5. The van der Waals surface area contributed by atoms with Crippen LogP contribution in [0.5, 0.6) is 0 Å². The fraction of sp³-hybridized carbons (Fsp3) is 0.583. The Hall–Kier alpha value is -0.760. The molecule has 0 aliphatic heterocycles. The van der Waals surface area contributed by atoms with Gasteiger partial charge in [0.25, 0.3) is 0 Å². The average molecular weight is 227 g/mol. The molecule has 0 fully saturated rings. The lowest BCUT2D eigenvalue weighted by atomic mass is 10.1. The molecule has 1 atom stereocenters. The quantitative estimate of drug-likeness (QED) is 0.717. The van der Waals surface area contributed by atoms with E-state index in [0.717, 1.165) is 17.9 Å². The maximum absolute atomic E-state index is 5.88. The van der Waals surface area contributed by atoms with Crippen LogP contribution in [0.2, 0.25) is 0 Å². The molecule has 0 bridgehead atoms. The third-order valence-electron chi connectivity index (χ3n) is 2.66. The molecule has 1 aromatic heterocycles. The van der Waals surface area contributed by atoms with Gasteiger partial charge in [0.1, 0.15) is 5.82 Å². The standard InChI is InChI=1S/C12H19ClN2/c1-4-10(2)9-15(3)12-11(8-13)6-5-7-14-12/h5-7,10H,4,8-9H2,1-3H3. The Labute approximate surface area is 97.3 Å². The Morgan fingerprint density at radius 1 is 1.53 bits per heavy atom. The molecule has 1 unspecified atom stereocenters. The fourth-order valence-corrected chi connectivity index (χ4v) is 1.77. The Kier molecular flexibility index (Phi) is 4.89. The van der Waals surface area contributed by atoms with Gasteiger partial charge in [-0.3, -0.25) is 0 Å². The van der Waals surface area contributed by atoms with Gasteiger partial charge in [-0.15, -0.1) is 11.6 Å². The number of hydrogen-bond donors (Lipinski definition) is 0. The largest absolute Gasteiger partial charge is 0.359 e. The lowest BCUT2D eigenvalue weighted by Gasteiger charge is -2.23. The first kappa shape index (κ1) is 12.3. The van der Waals surface area contributed by atoms with Crippen LogP contribution in [-0.4, -0.2) is 18.6 Å². The highest BCUT2D eigenvalue weighted by molar-refractivity contribution is 6.17. The lowest BCUT2D eigenvalue weighted by molar-refractivity contribution is 0.557. The number of alkyl halides is 1. The average Bonchev–Trinajstić information content (AvgIpc) is 2.28. The zero-order valence-electron chi connectivity index (χ0n) is 9.70. The van der Waals surface area contributed by atoms with E-state index in [0.29, 0.717) is 11.8 Å². The molecule has 0 aliphatic carbocycles. The van der Waals surface area contributed by atoms with E-state index >= 15 is 0 Å². The number of rotatable bonds is 5. The van der Waals surface area contributed by atoms with Crippen molar-refractivity contribution in [3.8, 4) is 0 Å². The van der Waals surface area contributed by atoms with Crippen molar-refractivity contribution in [2.45, 2.75) is 26.1 Å². The molecule has 0 amide bonds. The minimum absolute atomic E-state index is 0.522. The smallest absolute Gasteiger partial charge is 0.132 e. The van der Waals surface area contributed by atoms with Gasteiger partial charge >= 0.3 is 0 Å². The van der Waals surface area contributed by atoms with Gasteiger partial charge in [-0.25, -0.2) is 4.98 Å². The Bertz CT molecular complexity index is 301. The summed E-state index contributed by atoms with van der Waals surface area (Å²) in [5.41, 5.74) is 1.10. The summed E-state index contributed by atoms with van der Waals surface area (Å²) in [4.78, 5) is 6.56. The van der Waals surface area contributed by atoms with Crippen LogP contribution >= 0.6 is 11.6 Å². The molecular formula is C12H19ClN2. The molecule has 3 heteroatoms. The van der Waals surface area contributed by atoms with Crippen molar-refractivity contribution in [2.24, 2.45) is 5.92 Å². The minimum Gasteiger partial charge on any atom is -0.359 e. The molecule has 1 rings (SSSR count). The highest BCUT2D eigenvalue weighted by Gasteiger charge is 2.10. The first-order valence-corrected chi connectivity index (χ1v) is 5.93. The minimum atomic E-state index is 0.522. The van der Waals surface area contributed by atoms with E-state index in [2.05, 4.69) is 30.8 Å². The van der Waals surface area contributed by atoms with Crippen LogP contribution in [0.4, 0.5) is 5.82 Å². The second kappa shape index (κ2) is 5.96. The number of aromatic nitrogens is 1. The summed E-state index contributed by atoms with van der Waals surface area (Å²) in [5, 5.41) is 0. The van der Waals surface area contributed by atoms with Crippen molar-refractivity contribution >= 4 is 17.4 Å². The van der Waals surface area contributed by atoms with Crippen molar-refractivity contribution in [2.75, 3.05) is 18.5 Å². The van der Waals surface area contributed by atoms with Crippen molar-refractivity contribution in [1.29, 1.82) is 0 Å². The highest BCUT2D eigenvalue weighted by Crippen LogP contribution is 2.19. The molecule has 0 radical (unpaired) electrons.